The highest BCUT2D eigenvalue weighted by Crippen LogP contribution is 2.36. The van der Waals surface area contributed by atoms with E-state index < -0.39 is 27.4 Å². The molecule has 0 aliphatic carbocycles. The molecule has 136 valence electrons. The van der Waals surface area contributed by atoms with E-state index in [9.17, 15) is 22.7 Å². The molecule has 4 rings (SSSR count). The van der Waals surface area contributed by atoms with Crippen LogP contribution in [0.2, 0.25) is 0 Å². The lowest BCUT2D eigenvalue weighted by molar-refractivity contribution is 0.0689. The lowest BCUT2D eigenvalue weighted by Gasteiger charge is -2.29. The maximum atomic E-state index is 14.0. The van der Waals surface area contributed by atoms with Crippen molar-refractivity contribution in [1.29, 1.82) is 0 Å². The summed E-state index contributed by atoms with van der Waals surface area (Å²) in [6, 6.07) is 7.61. The molecule has 0 saturated carbocycles. The lowest BCUT2D eigenvalue weighted by atomic mass is 9.95. The van der Waals surface area contributed by atoms with Crippen molar-refractivity contribution >= 4 is 16.0 Å². The highest BCUT2D eigenvalue weighted by molar-refractivity contribution is 7.89. The van der Waals surface area contributed by atoms with E-state index in [1.807, 2.05) is 6.07 Å². The number of hydrogen-bond acceptors (Lipinski definition) is 4. The van der Waals surface area contributed by atoms with Gasteiger partial charge in [-0.25, -0.2) is 17.6 Å². The van der Waals surface area contributed by atoms with Gasteiger partial charge in [0.05, 0.1) is 12.2 Å². The van der Waals surface area contributed by atoms with Gasteiger partial charge in [0.15, 0.2) is 0 Å². The summed E-state index contributed by atoms with van der Waals surface area (Å²) < 4.78 is 46.9. The van der Waals surface area contributed by atoms with Crippen molar-refractivity contribution in [1.82, 2.24) is 4.31 Å². The monoisotopic (exact) mass is 377 g/mol. The number of benzene rings is 2. The number of carboxylic acid groups (broad SMARTS) is 1. The number of para-hydroxylation sites is 1. The van der Waals surface area contributed by atoms with Crippen LogP contribution in [-0.2, 0) is 29.4 Å². The molecule has 0 radical (unpaired) electrons. The fraction of sp³-hybridized carbons (Fsp3) is 0.278. The Labute approximate surface area is 149 Å². The van der Waals surface area contributed by atoms with E-state index in [0.29, 0.717) is 30.8 Å². The SMILES string of the molecule is O=C(O)c1c(F)ccc2c1CN(S(=O)(=O)c1cccc3c1OCC3)CC2. The number of aromatic carboxylic acids is 1. The van der Waals surface area contributed by atoms with Crippen molar-refractivity contribution in [3.8, 4) is 5.75 Å². The molecule has 0 fully saturated rings. The molecule has 0 amide bonds. The molecule has 6 nitrogen and oxygen atoms in total. The highest BCUT2D eigenvalue weighted by atomic mass is 32.2. The molecule has 0 unspecified atom stereocenters. The largest absolute Gasteiger partial charge is 0.492 e. The standard InChI is InChI=1S/C18H16FNO5S/c19-14-5-4-11-6-8-20(10-13(11)16(14)18(21)22)26(23,24)15-3-1-2-12-7-9-25-17(12)15/h1-5H,6-10H2,(H,21,22). The fourth-order valence-corrected chi connectivity index (χ4v) is 5.13. The first-order valence-electron chi connectivity index (χ1n) is 8.18. The van der Waals surface area contributed by atoms with Gasteiger partial charge in [-0.2, -0.15) is 4.31 Å². The van der Waals surface area contributed by atoms with Crippen molar-refractivity contribution in [2.75, 3.05) is 13.2 Å². The molecule has 2 aromatic carbocycles. The van der Waals surface area contributed by atoms with E-state index >= 15 is 0 Å². The third-order valence-corrected chi connectivity index (χ3v) is 6.70. The van der Waals surface area contributed by atoms with Crippen LogP contribution in [0, 0.1) is 5.82 Å². The molecular weight excluding hydrogens is 361 g/mol. The summed E-state index contributed by atoms with van der Waals surface area (Å²) in [6.07, 6.45) is 0.973. The maximum absolute atomic E-state index is 14.0. The molecule has 8 heteroatoms. The maximum Gasteiger partial charge on any atom is 0.339 e. The minimum absolute atomic E-state index is 0.0734. The van der Waals surface area contributed by atoms with E-state index in [1.54, 1.807) is 6.07 Å². The minimum atomic E-state index is -3.89. The number of sulfonamides is 1. The van der Waals surface area contributed by atoms with E-state index in [2.05, 4.69) is 0 Å². The normalized spacial score (nSPS) is 16.7. The molecular formula is C18H16FNO5S. The predicted molar refractivity (Wildman–Crippen MR) is 90.3 cm³/mol. The first-order chi connectivity index (χ1) is 12.4. The zero-order chi connectivity index (χ0) is 18.5. The zero-order valence-electron chi connectivity index (χ0n) is 13.7. The fourth-order valence-electron chi connectivity index (χ4n) is 3.54. The second kappa shape index (κ2) is 6.07. The Kier molecular flexibility index (Phi) is 3.96. The number of rotatable bonds is 3. The molecule has 1 N–H and O–H groups in total. The topological polar surface area (TPSA) is 83.9 Å². The van der Waals surface area contributed by atoms with E-state index in [-0.39, 0.29) is 23.5 Å². The molecule has 2 heterocycles. The van der Waals surface area contributed by atoms with Crippen molar-refractivity contribution in [2.24, 2.45) is 0 Å². The Morgan fingerprint density at radius 3 is 2.73 bits per heavy atom. The predicted octanol–water partition coefficient (Wildman–Crippen LogP) is 2.21. The van der Waals surface area contributed by atoms with Crippen molar-refractivity contribution in [3.63, 3.8) is 0 Å². The van der Waals surface area contributed by atoms with Crippen LogP contribution in [0.25, 0.3) is 0 Å². The van der Waals surface area contributed by atoms with Gasteiger partial charge < -0.3 is 9.84 Å². The van der Waals surface area contributed by atoms with Crippen LogP contribution in [0.3, 0.4) is 0 Å². The zero-order valence-corrected chi connectivity index (χ0v) is 14.6. The Hall–Kier alpha value is -2.45. The summed E-state index contributed by atoms with van der Waals surface area (Å²) in [5.74, 6) is -1.90. The number of halogens is 1. The van der Waals surface area contributed by atoms with E-state index in [4.69, 9.17) is 4.74 Å². The molecule has 0 bridgehead atoms. The number of carboxylic acids is 1. The van der Waals surface area contributed by atoms with Crippen molar-refractivity contribution in [2.45, 2.75) is 24.3 Å². The number of hydrogen-bond donors (Lipinski definition) is 1. The molecule has 0 saturated heterocycles. The average Bonchev–Trinajstić information content (AvgIpc) is 3.09. The van der Waals surface area contributed by atoms with Crippen LogP contribution in [0.15, 0.2) is 35.2 Å². The van der Waals surface area contributed by atoms with Crippen molar-refractivity contribution < 1.29 is 27.4 Å². The summed E-state index contributed by atoms with van der Waals surface area (Å²) >= 11 is 0. The molecule has 26 heavy (non-hydrogen) atoms. The Balaban J connectivity index is 1.77. The van der Waals surface area contributed by atoms with Gasteiger partial charge in [-0.05, 0) is 35.2 Å². The van der Waals surface area contributed by atoms with Gasteiger partial charge in [-0.1, -0.05) is 18.2 Å². The van der Waals surface area contributed by atoms with Gasteiger partial charge in [0.2, 0.25) is 10.0 Å². The van der Waals surface area contributed by atoms with Gasteiger partial charge in [-0.15, -0.1) is 0 Å². The Bertz CT molecular complexity index is 1020. The van der Waals surface area contributed by atoms with Gasteiger partial charge in [0.25, 0.3) is 0 Å². The van der Waals surface area contributed by atoms with Crippen LogP contribution >= 0.6 is 0 Å². The Morgan fingerprint density at radius 2 is 1.96 bits per heavy atom. The minimum Gasteiger partial charge on any atom is -0.492 e. The molecule has 2 aliphatic rings. The smallest absolute Gasteiger partial charge is 0.339 e. The second-order valence-electron chi connectivity index (χ2n) is 6.30. The van der Waals surface area contributed by atoms with Crippen molar-refractivity contribution in [3.05, 3.63) is 58.4 Å². The van der Waals surface area contributed by atoms with Gasteiger partial charge in [0.1, 0.15) is 16.5 Å². The van der Waals surface area contributed by atoms with Gasteiger partial charge in [-0.3, -0.25) is 0 Å². The molecule has 2 aliphatic heterocycles. The highest BCUT2D eigenvalue weighted by Gasteiger charge is 2.34. The summed E-state index contributed by atoms with van der Waals surface area (Å²) in [7, 11) is -3.89. The number of fused-ring (bicyclic) bond motifs is 2. The third kappa shape index (κ3) is 2.57. The summed E-state index contributed by atoms with van der Waals surface area (Å²) in [4.78, 5) is 11.5. The third-order valence-electron chi connectivity index (χ3n) is 4.83. The van der Waals surface area contributed by atoms with E-state index in [0.717, 1.165) is 11.6 Å². The summed E-state index contributed by atoms with van der Waals surface area (Å²) in [5, 5.41) is 9.33. The summed E-state index contributed by atoms with van der Waals surface area (Å²) in [6.45, 7) is 0.448. The lowest BCUT2D eigenvalue weighted by Crippen LogP contribution is -2.37. The number of carbonyl (C=O) groups is 1. The molecule has 0 aromatic heterocycles. The molecule has 0 spiro atoms. The van der Waals surface area contributed by atoms with Crippen LogP contribution < -0.4 is 4.74 Å². The van der Waals surface area contributed by atoms with Crippen LogP contribution in [0.1, 0.15) is 27.0 Å². The van der Waals surface area contributed by atoms with Crippen LogP contribution in [0.4, 0.5) is 4.39 Å². The number of nitrogens with zero attached hydrogens (tertiary/aromatic N) is 1. The molecule has 0 atom stereocenters. The van der Waals surface area contributed by atoms with Gasteiger partial charge in [0, 0.05) is 19.5 Å². The van der Waals surface area contributed by atoms with E-state index in [1.165, 1.54) is 16.4 Å². The molecule has 2 aromatic rings. The number of ether oxygens (including phenoxy) is 1. The first kappa shape index (κ1) is 17.0. The van der Waals surface area contributed by atoms with Crippen LogP contribution in [-0.4, -0.2) is 37.0 Å². The quantitative estimate of drug-likeness (QED) is 0.887. The van der Waals surface area contributed by atoms with Crippen LogP contribution in [0.5, 0.6) is 5.75 Å². The second-order valence-corrected chi connectivity index (χ2v) is 8.20. The average molecular weight is 377 g/mol. The Morgan fingerprint density at radius 1 is 1.15 bits per heavy atom. The summed E-state index contributed by atoms with van der Waals surface area (Å²) in [5.41, 5.74) is 1.24. The van der Waals surface area contributed by atoms with Gasteiger partial charge >= 0.3 is 5.97 Å². The first-order valence-corrected chi connectivity index (χ1v) is 9.62.